The van der Waals surface area contributed by atoms with Crippen molar-refractivity contribution in [3.8, 4) is 5.75 Å². The summed E-state index contributed by atoms with van der Waals surface area (Å²) in [5, 5.41) is 0.425. The lowest BCUT2D eigenvalue weighted by atomic mass is 10.2. The lowest BCUT2D eigenvalue weighted by Crippen LogP contribution is -2.02. The number of pyridine rings is 1. The van der Waals surface area contributed by atoms with E-state index >= 15 is 0 Å². The Morgan fingerprint density at radius 3 is 2.83 bits per heavy atom. The molecule has 0 saturated carbocycles. The Morgan fingerprint density at radius 2 is 2.33 bits per heavy atom. The summed E-state index contributed by atoms with van der Waals surface area (Å²) in [7, 11) is 1.59. The summed E-state index contributed by atoms with van der Waals surface area (Å²) in [5.74, 6) is 0.704. The molecule has 0 aliphatic carbocycles. The number of rotatable bonds is 2. The third-order valence-electron chi connectivity index (χ3n) is 1.58. The summed E-state index contributed by atoms with van der Waals surface area (Å²) in [6.45, 7) is 2.20. The average Bonchev–Trinajstić information content (AvgIpc) is 2.03. The van der Waals surface area contributed by atoms with Crippen molar-refractivity contribution in [3.63, 3.8) is 0 Å². The van der Waals surface area contributed by atoms with Crippen LogP contribution in [0.25, 0.3) is 0 Å². The quantitative estimate of drug-likeness (QED) is 0.713. The van der Waals surface area contributed by atoms with Crippen LogP contribution in [0.5, 0.6) is 5.75 Å². The van der Waals surface area contributed by atoms with Crippen LogP contribution in [0, 0.1) is 6.92 Å². The average molecular weight is 187 g/mol. The Morgan fingerprint density at radius 1 is 1.67 bits per heavy atom. The van der Waals surface area contributed by atoms with E-state index in [4.69, 9.17) is 22.1 Å². The number of nitrogens with two attached hydrogens (primary N) is 1. The molecule has 0 radical (unpaired) electrons. The molecule has 0 aliphatic rings. The molecular formula is C8H11ClN2O. The maximum absolute atomic E-state index is 5.84. The monoisotopic (exact) mass is 186 g/mol. The molecule has 0 aliphatic heterocycles. The first-order valence-corrected chi connectivity index (χ1v) is 3.97. The molecular weight excluding hydrogens is 176 g/mol. The molecule has 0 unspecified atom stereocenters. The molecule has 1 rings (SSSR count). The number of hydrogen-bond donors (Lipinski definition) is 1. The van der Waals surface area contributed by atoms with Gasteiger partial charge in [0.15, 0.2) is 0 Å². The second-order valence-corrected chi connectivity index (χ2v) is 2.80. The minimum Gasteiger partial charge on any atom is -0.496 e. The zero-order chi connectivity index (χ0) is 9.14. The van der Waals surface area contributed by atoms with E-state index in [1.54, 1.807) is 7.11 Å². The lowest BCUT2D eigenvalue weighted by Gasteiger charge is -2.08. The molecule has 4 heteroatoms. The predicted molar refractivity (Wildman–Crippen MR) is 48.4 cm³/mol. The van der Waals surface area contributed by atoms with Crippen LogP contribution in [0.15, 0.2) is 6.07 Å². The topological polar surface area (TPSA) is 48.1 Å². The van der Waals surface area contributed by atoms with Gasteiger partial charge < -0.3 is 10.5 Å². The van der Waals surface area contributed by atoms with E-state index in [1.165, 1.54) is 0 Å². The smallest absolute Gasteiger partial charge is 0.137 e. The minimum atomic E-state index is 0.343. The third-order valence-corrected chi connectivity index (χ3v) is 1.90. The van der Waals surface area contributed by atoms with Gasteiger partial charge in [0.1, 0.15) is 10.9 Å². The standard InChI is InChI=1S/C8H11ClN2O/c1-5-3-7(12-2)6(4-10)8(9)11-5/h3H,4,10H2,1-2H3. The van der Waals surface area contributed by atoms with Crippen molar-refractivity contribution >= 4 is 11.6 Å². The van der Waals surface area contributed by atoms with E-state index in [0.717, 1.165) is 11.3 Å². The van der Waals surface area contributed by atoms with Gasteiger partial charge in [0.25, 0.3) is 0 Å². The van der Waals surface area contributed by atoms with Crippen molar-refractivity contribution in [2.45, 2.75) is 13.5 Å². The normalized spacial score (nSPS) is 10.0. The van der Waals surface area contributed by atoms with E-state index in [1.807, 2.05) is 13.0 Å². The van der Waals surface area contributed by atoms with E-state index in [9.17, 15) is 0 Å². The molecule has 0 fully saturated rings. The second kappa shape index (κ2) is 3.74. The fraction of sp³-hybridized carbons (Fsp3) is 0.375. The fourth-order valence-corrected chi connectivity index (χ4v) is 1.30. The van der Waals surface area contributed by atoms with Crippen LogP contribution in [-0.2, 0) is 6.54 Å². The van der Waals surface area contributed by atoms with Crippen LogP contribution in [0.4, 0.5) is 0 Å². The fourth-order valence-electron chi connectivity index (χ4n) is 1.00. The molecule has 66 valence electrons. The Hall–Kier alpha value is -0.800. The molecule has 1 heterocycles. The van der Waals surface area contributed by atoms with Gasteiger partial charge in [-0.15, -0.1) is 0 Å². The number of hydrogen-bond acceptors (Lipinski definition) is 3. The van der Waals surface area contributed by atoms with Crippen molar-refractivity contribution in [2.24, 2.45) is 5.73 Å². The van der Waals surface area contributed by atoms with Crippen LogP contribution >= 0.6 is 11.6 Å². The summed E-state index contributed by atoms with van der Waals surface area (Å²) in [6.07, 6.45) is 0. The minimum absolute atomic E-state index is 0.343. The number of ether oxygens (including phenoxy) is 1. The van der Waals surface area contributed by atoms with Crippen molar-refractivity contribution in [1.29, 1.82) is 0 Å². The van der Waals surface area contributed by atoms with Crippen LogP contribution < -0.4 is 10.5 Å². The summed E-state index contributed by atoms with van der Waals surface area (Å²) in [5.41, 5.74) is 7.05. The van der Waals surface area contributed by atoms with Crippen molar-refractivity contribution < 1.29 is 4.74 Å². The molecule has 2 N–H and O–H groups in total. The highest BCUT2D eigenvalue weighted by atomic mass is 35.5. The van der Waals surface area contributed by atoms with Crippen LogP contribution in [-0.4, -0.2) is 12.1 Å². The van der Waals surface area contributed by atoms with E-state index in [0.29, 0.717) is 17.4 Å². The largest absolute Gasteiger partial charge is 0.496 e. The first-order chi connectivity index (χ1) is 5.69. The number of halogens is 1. The van der Waals surface area contributed by atoms with Gasteiger partial charge in [-0.1, -0.05) is 11.6 Å². The van der Waals surface area contributed by atoms with Crippen molar-refractivity contribution in [3.05, 3.63) is 22.5 Å². The SMILES string of the molecule is COc1cc(C)nc(Cl)c1CN. The van der Waals surface area contributed by atoms with Crippen LogP contribution in [0.1, 0.15) is 11.3 Å². The van der Waals surface area contributed by atoms with Gasteiger partial charge in [0.2, 0.25) is 0 Å². The molecule has 12 heavy (non-hydrogen) atoms. The first kappa shape index (κ1) is 9.29. The van der Waals surface area contributed by atoms with E-state index < -0.39 is 0 Å². The molecule has 0 saturated heterocycles. The highest BCUT2D eigenvalue weighted by molar-refractivity contribution is 6.30. The highest BCUT2D eigenvalue weighted by Crippen LogP contribution is 2.24. The third kappa shape index (κ3) is 1.68. The molecule has 1 aromatic heterocycles. The highest BCUT2D eigenvalue weighted by Gasteiger charge is 2.07. The van der Waals surface area contributed by atoms with Crippen LogP contribution in [0.3, 0.4) is 0 Å². The molecule has 0 spiro atoms. The lowest BCUT2D eigenvalue weighted by molar-refractivity contribution is 0.408. The number of methoxy groups -OCH3 is 1. The first-order valence-electron chi connectivity index (χ1n) is 3.59. The summed E-state index contributed by atoms with van der Waals surface area (Å²) >= 11 is 5.84. The zero-order valence-electron chi connectivity index (χ0n) is 7.10. The zero-order valence-corrected chi connectivity index (χ0v) is 7.85. The van der Waals surface area contributed by atoms with Crippen molar-refractivity contribution in [2.75, 3.05) is 7.11 Å². The second-order valence-electron chi connectivity index (χ2n) is 2.44. The van der Waals surface area contributed by atoms with Gasteiger partial charge in [-0.3, -0.25) is 0 Å². The number of aryl methyl sites for hydroxylation is 1. The molecule has 0 atom stereocenters. The van der Waals surface area contributed by atoms with Gasteiger partial charge >= 0.3 is 0 Å². The molecule has 0 aromatic carbocycles. The maximum Gasteiger partial charge on any atom is 0.137 e. The van der Waals surface area contributed by atoms with Gasteiger partial charge in [-0.05, 0) is 6.92 Å². The number of nitrogens with zero attached hydrogens (tertiary/aromatic N) is 1. The molecule has 3 nitrogen and oxygen atoms in total. The van der Waals surface area contributed by atoms with Crippen molar-refractivity contribution in [1.82, 2.24) is 4.98 Å². The van der Waals surface area contributed by atoms with Crippen LogP contribution in [0.2, 0.25) is 5.15 Å². The molecule has 1 aromatic rings. The van der Waals surface area contributed by atoms with Gasteiger partial charge in [0, 0.05) is 23.9 Å². The van der Waals surface area contributed by atoms with Gasteiger partial charge in [0.05, 0.1) is 7.11 Å². The molecule has 0 amide bonds. The summed E-state index contributed by atoms with van der Waals surface area (Å²) in [6, 6.07) is 1.81. The number of aromatic nitrogens is 1. The Kier molecular flexibility index (Phi) is 2.89. The maximum atomic E-state index is 5.84. The van der Waals surface area contributed by atoms with E-state index in [-0.39, 0.29) is 0 Å². The Labute approximate surface area is 76.5 Å². The Bertz CT molecular complexity index is 289. The summed E-state index contributed by atoms with van der Waals surface area (Å²) in [4.78, 5) is 4.06. The van der Waals surface area contributed by atoms with E-state index in [2.05, 4.69) is 4.98 Å². The molecule has 0 bridgehead atoms. The predicted octanol–water partition coefficient (Wildman–Crippen LogP) is 1.51. The van der Waals surface area contributed by atoms with Gasteiger partial charge in [-0.25, -0.2) is 4.98 Å². The summed E-state index contributed by atoms with van der Waals surface area (Å²) < 4.78 is 5.09. The van der Waals surface area contributed by atoms with Gasteiger partial charge in [-0.2, -0.15) is 0 Å². The Balaban J connectivity index is 3.24.